The van der Waals surface area contributed by atoms with Crippen molar-refractivity contribution in [2.24, 2.45) is 0 Å². The minimum Gasteiger partial charge on any atom is -0.433 e. The van der Waals surface area contributed by atoms with E-state index < -0.39 is 12.6 Å². The zero-order chi connectivity index (χ0) is 15.1. The number of carbonyl (C=O) groups is 1. The van der Waals surface area contributed by atoms with Crippen molar-refractivity contribution >= 4 is 23.3 Å². The third-order valence-corrected chi connectivity index (χ3v) is 2.73. The standard InChI is InChI=1S/C12H15ClF2N2O3/c1-2-17(5-6-18)12(19)16-8-3-4-10(9(13)7-8)20-11(14)15/h3-4,7,11,18H,2,5-6H2,1H3,(H,16,19). The van der Waals surface area contributed by atoms with Crippen LogP contribution < -0.4 is 10.1 Å². The molecule has 0 aliphatic heterocycles. The quantitative estimate of drug-likeness (QED) is 0.849. The lowest BCUT2D eigenvalue weighted by Gasteiger charge is -2.20. The number of likely N-dealkylation sites (N-methyl/N-ethyl adjacent to an activating group) is 1. The Balaban J connectivity index is 2.73. The molecule has 1 rings (SSSR count). The van der Waals surface area contributed by atoms with Gasteiger partial charge in [0, 0.05) is 18.8 Å². The Morgan fingerprint density at radius 1 is 1.55 bits per heavy atom. The zero-order valence-electron chi connectivity index (χ0n) is 10.8. The number of amides is 2. The lowest BCUT2D eigenvalue weighted by Crippen LogP contribution is -2.36. The van der Waals surface area contributed by atoms with Gasteiger partial charge in [0.15, 0.2) is 0 Å². The molecule has 1 aromatic carbocycles. The van der Waals surface area contributed by atoms with Crippen LogP contribution in [0.2, 0.25) is 5.02 Å². The van der Waals surface area contributed by atoms with Gasteiger partial charge in [0.05, 0.1) is 11.6 Å². The van der Waals surface area contributed by atoms with Crippen molar-refractivity contribution in [2.75, 3.05) is 25.0 Å². The summed E-state index contributed by atoms with van der Waals surface area (Å²) in [5.41, 5.74) is 0.345. The highest BCUT2D eigenvalue weighted by atomic mass is 35.5. The molecule has 5 nitrogen and oxygen atoms in total. The van der Waals surface area contributed by atoms with E-state index in [1.807, 2.05) is 0 Å². The predicted molar refractivity (Wildman–Crippen MR) is 71.4 cm³/mol. The number of aliphatic hydroxyl groups is 1. The summed E-state index contributed by atoms with van der Waals surface area (Å²) in [7, 11) is 0. The topological polar surface area (TPSA) is 61.8 Å². The summed E-state index contributed by atoms with van der Waals surface area (Å²) in [6.45, 7) is -0.728. The summed E-state index contributed by atoms with van der Waals surface area (Å²) in [5, 5.41) is 11.3. The van der Waals surface area contributed by atoms with Gasteiger partial charge in [-0.3, -0.25) is 0 Å². The maximum absolute atomic E-state index is 12.1. The molecule has 2 N–H and O–H groups in total. The van der Waals surface area contributed by atoms with Gasteiger partial charge >= 0.3 is 12.6 Å². The van der Waals surface area contributed by atoms with Gasteiger partial charge in [-0.15, -0.1) is 0 Å². The second kappa shape index (κ2) is 7.86. The van der Waals surface area contributed by atoms with Crippen LogP contribution in [-0.4, -0.2) is 42.3 Å². The first-order valence-electron chi connectivity index (χ1n) is 5.89. The van der Waals surface area contributed by atoms with Crippen molar-refractivity contribution < 1.29 is 23.4 Å². The summed E-state index contributed by atoms with van der Waals surface area (Å²) >= 11 is 5.77. The van der Waals surface area contributed by atoms with E-state index in [1.54, 1.807) is 6.92 Å². The number of alkyl halides is 2. The van der Waals surface area contributed by atoms with Crippen LogP contribution in [0.3, 0.4) is 0 Å². The highest BCUT2D eigenvalue weighted by molar-refractivity contribution is 6.32. The smallest absolute Gasteiger partial charge is 0.387 e. The number of anilines is 1. The minimum absolute atomic E-state index is 0.0340. The van der Waals surface area contributed by atoms with E-state index >= 15 is 0 Å². The van der Waals surface area contributed by atoms with Crippen molar-refractivity contribution in [3.63, 3.8) is 0 Å². The zero-order valence-corrected chi connectivity index (χ0v) is 11.5. The van der Waals surface area contributed by atoms with Crippen molar-refractivity contribution in [1.82, 2.24) is 4.90 Å². The van der Waals surface area contributed by atoms with Crippen LogP contribution in [0.1, 0.15) is 6.92 Å². The molecule has 112 valence electrons. The number of ether oxygens (including phenoxy) is 1. The Labute approximate surface area is 120 Å². The average Bonchev–Trinajstić information content (AvgIpc) is 2.38. The minimum atomic E-state index is -2.96. The number of nitrogens with one attached hydrogen (secondary N) is 1. The molecule has 0 aromatic heterocycles. The van der Waals surface area contributed by atoms with Crippen molar-refractivity contribution in [3.05, 3.63) is 23.2 Å². The first-order valence-corrected chi connectivity index (χ1v) is 6.26. The van der Waals surface area contributed by atoms with Crippen molar-refractivity contribution in [3.8, 4) is 5.75 Å². The molecule has 1 aromatic rings. The number of urea groups is 1. The van der Waals surface area contributed by atoms with Crippen LogP contribution in [-0.2, 0) is 0 Å². The van der Waals surface area contributed by atoms with Gasteiger partial charge in [-0.05, 0) is 25.1 Å². The summed E-state index contributed by atoms with van der Waals surface area (Å²) in [5.74, 6) is -0.164. The number of nitrogens with zero attached hydrogens (tertiary/aromatic N) is 1. The van der Waals surface area contributed by atoms with Gasteiger partial charge in [0.1, 0.15) is 5.75 Å². The predicted octanol–water partition coefficient (Wildman–Crippen LogP) is 2.79. The number of hydrogen-bond acceptors (Lipinski definition) is 3. The number of carbonyl (C=O) groups excluding carboxylic acids is 1. The first kappa shape index (κ1) is 16.5. The summed E-state index contributed by atoms with van der Waals surface area (Å²) < 4.78 is 28.3. The van der Waals surface area contributed by atoms with E-state index in [0.29, 0.717) is 12.2 Å². The largest absolute Gasteiger partial charge is 0.433 e. The Bertz CT molecular complexity index is 460. The van der Waals surface area contributed by atoms with Crippen LogP contribution >= 0.6 is 11.6 Å². The third kappa shape index (κ3) is 4.82. The maximum Gasteiger partial charge on any atom is 0.387 e. The van der Waals surface area contributed by atoms with Gasteiger partial charge < -0.3 is 20.1 Å². The van der Waals surface area contributed by atoms with Crippen LogP contribution in [0.15, 0.2) is 18.2 Å². The summed E-state index contributed by atoms with van der Waals surface area (Å²) in [4.78, 5) is 13.2. The molecule has 0 heterocycles. The normalized spacial score (nSPS) is 10.5. The summed E-state index contributed by atoms with van der Waals surface area (Å²) in [6.07, 6.45) is 0. The number of rotatable bonds is 6. The van der Waals surface area contributed by atoms with Crippen LogP contribution in [0.5, 0.6) is 5.75 Å². The van der Waals surface area contributed by atoms with Gasteiger partial charge in [0.2, 0.25) is 0 Å². The molecule has 0 aliphatic carbocycles. The molecule has 2 amide bonds. The Kier molecular flexibility index (Phi) is 6.47. The fourth-order valence-corrected chi connectivity index (χ4v) is 1.72. The van der Waals surface area contributed by atoms with Crippen LogP contribution in [0.4, 0.5) is 19.3 Å². The molecule has 0 saturated heterocycles. The molecule has 8 heteroatoms. The Hall–Kier alpha value is -1.60. The molecule has 0 radical (unpaired) electrons. The average molecular weight is 309 g/mol. The van der Waals surface area contributed by atoms with Gasteiger partial charge in [-0.25, -0.2) is 4.79 Å². The highest BCUT2D eigenvalue weighted by Gasteiger charge is 2.13. The molecule has 0 spiro atoms. The lowest BCUT2D eigenvalue weighted by atomic mass is 10.3. The van der Waals surface area contributed by atoms with Crippen LogP contribution in [0.25, 0.3) is 0 Å². The first-order chi connectivity index (χ1) is 9.47. The second-order valence-electron chi connectivity index (χ2n) is 3.76. The molecule has 0 saturated carbocycles. The maximum atomic E-state index is 12.1. The van der Waals surface area contributed by atoms with E-state index in [-0.39, 0.29) is 23.9 Å². The molecule has 0 fully saturated rings. The Morgan fingerprint density at radius 3 is 2.75 bits per heavy atom. The molecule has 20 heavy (non-hydrogen) atoms. The van der Waals surface area contributed by atoms with E-state index in [9.17, 15) is 13.6 Å². The number of hydrogen-bond donors (Lipinski definition) is 2. The van der Waals surface area contributed by atoms with E-state index in [4.69, 9.17) is 16.7 Å². The summed E-state index contributed by atoms with van der Waals surface area (Å²) in [6, 6.07) is 3.53. The van der Waals surface area contributed by atoms with Crippen molar-refractivity contribution in [2.45, 2.75) is 13.5 Å². The highest BCUT2D eigenvalue weighted by Crippen LogP contribution is 2.29. The van der Waals surface area contributed by atoms with Gasteiger partial charge in [-0.1, -0.05) is 11.6 Å². The van der Waals surface area contributed by atoms with E-state index in [0.717, 1.165) is 0 Å². The van der Waals surface area contributed by atoms with Gasteiger partial charge in [0.25, 0.3) is 0 Å². The number of benzene rings is 1. The lowest BCUT2D eigenvalue weighted by molar-refractivity contribution is -0.0497. The molecule has 0 aliphatic rings. The SMILES string of the molecule is CCN(CCO)C(=O)Nc1ccc(OC(F)F)c(Cl)c1. The molecular weight excluding hydrogens is 294 g/mol. The number of halogens is 3. The number of aliphatic hydroxyl groups excluding tert-OH is 1. The van der Waals surface area contributed by atoms with E-state index in [1.165, 1.54) is 23.1 Å². The second-order valence-corrected chi connectivity index (χ2v) is 4.16. The monoisotopic (exact) mass is 308 g/mol. The molecule has 0 bridgehead atoms. The van der Waals surface area contributed by atoms with Crippen LogP contribution in [0, 0.1) is 0 Å². The fourth-order valence-electron chi connectivity index (χ4n) is 1.50. The molecule has 0 atom stereocenters. The Morgan fingerprint density at radius 2 is 2.25 bits per heavy atom. The molecule has 0 unspecified atom stereocenters. The van der Waals surface area contributed by atoms with Gasteiger partial charge in [-0.2, -0.15) is 8.78 Å². The third-order valence-electron chi connectivity index (χ3n) is 2.44. The van der Waals surface area contributed by atoms with E-state index in [2.05, 4.69) is 10.1 Å². The molecular formula is C12H15ClF2N2O3. The fraction of sp³-hybridized carbons (Fsp3) is 0.417. The van der Waals surface area contributed by atoms with Crippen molar-refractivity contribution in [1.29, 1.82) is 0 Å².